The van der Waals surface area contributed by atoms with Gasteiger partial charge in [-0.15, -0.1) is 0 Å². The largest absolute Gasteiger partial charge is 1.00 e. The van der Waals surface area contributed by atoms with Gasteiger partial charge >= 0.3 is 51.4 Å². The molecule has 0 N–H and O–H groups in total. The van der Waals surface area contributed by atoms with Crippen molar-refractivity contribution in [3.63, 3.8) is 0 Å². The van der Waals surface area contributed by atoms with E-state index in [4.69, 9.17) is 0 Å². The number of rotatable bonds is 3. The normalized spacial score (nSPS) is 14.3. The van der Waals surface area contributed by atoms with E-state index < -0.39 is 7.60 Å². The fourth-order valence-electron chi connectivity index (χ4n) is 0.872. The van der Waals surface area contributed by atoms with Gasteiger partial charge in [-0.3, -0.25) is 0 Å². The van der Waals surface area contributed by atoms with Crippen molar-refractivity contribution in [1.82, 2.24) is 0 Å². The number of hydrogen-bond acceptors (Lipinski definition) is 3. The zero-order chi connectivity index (χ0) is 9.03. The van der Waals surface area contributed by atoms with Gasteiger partial charge in [0.25, 0.3) is 0 Å². The molecule has 0 bridgehead atoms. The Balaban J connectivity index is 0.00000144. The summed E-state index contributed by atoms with van der Waals surface area (Å²) >= 11 is 0. The summed E-state index contributed by atoms with van der Waals surface area (Å²) in [6, 6.07) is 8.94. The van der Waals surface area contributed by atoms with Crippen molar-refractivity contribution < 1.29 is 65.4 Å². The Bertz CT molecular complexity index is 289. The average molecular weight is 224 g/mol. The van der Waals surface area contributed by atoms with Gasteiger partial charge in [0.1, 0.15) is 7.60 Å². The molecule has 0 aliphatic heterocycles. The van der Waals surface area contributed by atoms with E-state index in [2.05, 4.69) is 4.52 Å². The van der Waals surface area contributed by atoms with Gasteiger partial charge in [0.2, 0.25) is 0 Å². The smallest absolute Gasteiger partial charge is 0.778 e. The molecule has 1 rings (SSSR count). The van der Waals surface area contributed by atoms with Gasteiger partial charge in [-0.05, 0) is 5.56 Å². The van der Waals surface area contributed by atoms with E-state index in [1.807, 2.05) is 6.07 Å². The van der Waals surface area contributed by atoms with Crippen LogP contribution in [-0.2, 0) is 15.3 Å². The van der Waals surface area contributed by atoms with Crippen molar-refractivity contribution in [2.24, 2.45) is 0 Å². The average Bonchev–Trinajstić information content (AvgIpc) is 2.06. The first-order valence-electron chi connectivity index (χ1n) is 3.54. The molecule has 1 unspecified atom stereocenters. The van der Waals surface area contributed by atoms with Crippen molar-refractivity contribution in [2.45, 2.75) is 6.16 Å². The van der Waals surface area contributed by atoms with Crippen LogP contribution in [0.15, 0.2) is 30.3 Å². The summed E-state index contributed by atoms with van der Waals surface area (Å²) in [7, 11) is -2.47. The van der Waals surface area contributed by atoms with Gasteiger partial charge in [0.05, 0.1) is 0 Å². The molecule has 5 heteroatoms. The van der Waals surface area contributed by atoms with Crippen LogP contribution in [-0.4, -0.2) is 7.11 Å². The SMILES string of the molecule is COP(=O)([O-])Cc1ccccc1.[K+]. The monoisotopic (exact) mass is 224 g/mol. The quantitative estimate of drug-likeness (QED) is 0.458. The van der Waals surface area contributed by atoms with Crippen LogP contribution < -0.4 is 56.3 Å². The number of hydrogen-bond donors (Lipinski definition) is 0. The maximum absolute atomic E-state index is 11.0. The Hall–Kier alpha value is 1.01. The van der Waals surface area contributed by atoms with Crippen LogP contribution in [0.3, 0.4) is 0 Å². The van der Waals surface area contributed by atoms with Gasteiger partial charge in [0, 0.05) is 13.3 Å². The van der Waals surface area contributed by atoms with Crippen LogP contribution in [0, 0.1) is 0 Å². The van der Waals surface area contributed by atoms with E-state index in [-0.39, 0.29) is 57.5 Å². The first-order valence-corrected chi connectivity index (χ1v) is 5.26. The summed E-state index contributed by atoms with van der Waals surface area (Å²) in [5.41, 5.74) is 0.748. The van der Waals surface area contributed by atoms with E-state index in [0.717, 1.165) is 5.56 Å². The Morgan fingerprint density at radius 2 is 1.92 bits per heavy atom. The van der Waals surface area contributed by atoms with E-state index in [1.54, 1.807) is 24.3 Å². The third kappa shape index (κ3) is 5.45. The summed E-state index contributed by atoms with van der Waals surface area (Å²) in [4.78, 5) is 11.0. The summed E-state index contributed by atoms with van der Waals surface area (Å²) in [5, 5.41) is 0. The van der Waals surface area contributed by atoms with Crippen molar-refractivity contribution in [1.29, 1.82) is 0 Å². The first kappa shape index (κ1) is 14.0. The molecule has 0 heterocycles. The zero-order valence-electron chi connectivity index (χ0n) is 7.77. The number of benzene rings is 1. The predicted molar refractivity (Wildman–Crippen MR) is 44.8 cm³/mol. The van der Waals surface area contributed by atoms with Gasteiger partial charge in [-0.2, -0.15) is 0 Å². The molecule has 3 nitrogen and oxygen atoms in total. The van der Waals surface area contributed by atoms with Gasteiger partial charge in [-0.25, -0.2) is 0 Å². The molecule has 0 amide bonds. The third-order valence-electron chi connectivity index (χ3n) is 1.50. The molecule has 1 atom stereocenters. The summed E-state index contributed by atoms with van der Waals surface area (Å²) in [6.45, 7) is 0. The minimum Gasteiger partial charge on any atom is -0.778 e. The molecule has 0 aliphatic carbocycles. The molecule has 0 aromatic heterocycles. The van der Waals surface area contributed by atoms with Crippen LogP contribution in [0.2, 0.25) is 0 Å². The summed E-state index contributed by atoms with van der Waals surface area (Å²) in [6.07, 6.45) is -0.0374. The van der Waals surface area contributed by atoms with Crippen LogP contribution in [0.5, 0.6) is 0 Å². The second-order valence-electron chi connectivity index (χ2n) is 2.44. The van der Waals surface area contributed by atoms with E-state index >= 15 is 0 Å². The Morgan fingerprint density at radius 3 is 2.38 bits per heavy atom. The predicted octanol–water partition coefficient (Wildman–Crippen LogP) is -1.61. The molecule has 0 radical (unpaired) electrons. The zero-order valence-corrected chi connectivity index (χ0v) is 11.8. The van der Waals surface area contributed by atoms with Crippen molar-refractivity contribution in [3.05, 3.63) is 35.9 Å². The molecule has 0 saturated heterocycles. The van der Waals surface area contributed by atoms with Crippen molar-refractivity contribution >= 4 is 7.60 Å². The van der Waals surface area contributed by atoms with Crippen LogP contribution >= 0.6 is 7.60 Å². The maximum Gasteiger partial charge on any atom is 1.00 e. The standard InChI is InChI=1S/C8H11O3P.K/c1-11-12(9,10)7-8-5-3-2-4-6-8;/h2-6H,7H2,1H3,(H,9,10);/q;+1/p-1. The van der Waals surface area contributed by atoms with Crippen LogP contribution in [0.4, 0.5) is 0 Å². The topological polar surface area (TPSA) is 49.4 Å². The Morgan fingerprint density at radius 1 is 1.38 bits per heavy atom. The summed E-state index contributed by atoms with van der Waals surface area (Å²) in [5.74, 6) is 0. The van der Waals surface area contributed by atoms with Gasteiger partial charge in [0.15, 0.2) is 0 Å². The second kappa shape index (κ2) is 6.48. The molecule has 66 valence electrons. The van der Waals surface area contributed by atoms with E-state index in [1.165, 1.54) is 7.11 Å². The summed E-state index contributed by atoms with van der Waals surface area (Å²) < 4.78 is 15.3. The molecule has 1 aromatic carbocycles. The maximum atomic E-state index is 11.0. The third-order valence-corrected chi connectivity index (χ3v) is 2.81. The fraction of sp³-hybridized carbons (Fsp3) is 0.250. The molecular formula is C8H10KO3P. The first-order chi connectivity index (χ1) is 5.64. The van der Waals surface area contributed by atoms with Gasteiger partial charge < -0.3 is 14.0 Å². The van der Waals surface area contributed by atoms with Crippen LogP contribution in [0.1, 0.15) is 5.56 Å². The second-order valence-corrected chi connectivity index (χ2v) is 4.34. The van der Waals surface area contributed by atoms with Crippen molar-refractivity contribution in [2.75, 3.05) is 7.11 Å². The Labute approximate surface area is 120 Å². The molecule has 0 spiro atoms. The molecule has 0 saturated carbocycles. The van der Waals surface area contributed by atoms with Crippen molar-refractivity contribution in [3.8, 4) is 0 Å². The minimum absolute atomic E-state index is 0. The minimum atomic E-state index is -3.65. The fourth-order valence-corrected chi connectivity index (χ4v) is 1.66. The molecule has 0 fully saturated rings. The van der Waals surface area contributed by atoms with Gasteiger partial charge in [-0.1, -0.05) is 30.3 Å². The van der Waals surface area contributed by atoms with E-state index in [0.29, 0.717) is 0 Å². The molecule has 13 heavy (non-hydrogen) atoms. The van der Waals surface area contributed by atoms with E-state index in [9.17, 15) is 9.46 Å². The Kier molecular flexibility index (Phi) is 6.98. The molecular weight excluding hydrogens is 214 g/mol. The van der Waals surface area contributed by atoms with Crippen LogP contribution in [0.25, 0.3) is 0 Å². The molecule has 0 aliphatic rings. The molecule has 1 aromatic rings.